The van der Waals surface area contributed by atoms with E-state index in [0.717, 1.165) is 38.6 Å². The molecule has 0 spiro atoms. The van der Waals surface area contributed by atoms with Crippen molar-refractivity contribution in [2.75, 3.05) is 13.2 Å². The summed E-state index contributed by atoms with van der Waals surface area (Å²) in [5, 5.41) is 8.91. The van der Waals surface area contributed by atoms with E-state index in [4.69, 9.17) is 5.11 Å². The van der Waals surface area contributed by atoms with Gasteiger partial charge in [-0.2, -0.15) is 0 Å². The number of aliphatic hydroxyl groups is 1. The summed E-state index contributed by atoms with van der Waals surface area (Å²) >= 11 is 0. The summed E-state index contributed by atoms with van der Waals surface area (Å²) < 4.78 is 0. The standard InChI is InChI=1S/C14H27NO2/c1-3-4-7-12(2)14(17)15(10-6-11-16)13-8-5-9-13/h12-13,16H,3-11H2,1-2H3. The minimum atomic E-state index is 0.147. The highest BCUT2D eigenvalue weighted by Gasteiger charge is 2.30. The van der Waals surface area contributed by atoms with Crippen molar-refractivity contribution in [2.45, 2.75) is 64.8 Å². The zero-order valence-electron chi connectivity index (χ0n) is 11.3. The number of nitrogens with zero attached hydrogens (tertiary/aromatic N) is 1. The Bertz CT molecular complexity index is 226. The van der Waals surface area contributed by atoms with Crippen molar-refractivity contribution in [1.82, 2.24) is 4.90 Å². The number of carbonyl (C=O) groups excluding carboxylic acids is 1. The third-order valence-electron chi connectivity index (χ3n) is 3.77. The molecule has 0 heterocycles. The number of hydrogen-bond acceptors (Lipinski definition) is 2. The molecule has 3 nitrogen and oxygen atoms in total. The van der Waals surface area contributed by atoms with Gasteiger partial charge in [-0.05, 0) is 32.1 Å². The molecule has 1 unspecified atom stereocenters. The first-order valence-electron chi connectivity index (χ1n) is 7.12. The Labute approximate surface area is 105 Å². The summed E-state index contributed by atoms with van der Waals surface area (Å²) in [5.74, 6) is 0.450. The van der Waals surface area contributed by atoms with Gasteiger partial charge in [-0.1, -0.05) is 26.7 Å². The molecule has 1 fully saturated rings. The predicted molar refractivity (Wildman–Crippen MR) is 69.7 cm³/mol. The summed E-state index contributed by atoms with van der Waals surface area (Å²) in [6.07, 6.45) is 7.54. The van der Waals surface area contributed by atoms with Crippen molar-refractivity contribution in [2.24, 2.45) is 5.92 Å². The lowest BCUT2D eigenvalue weighted by Crippen LogP contribution is -2.47. The van der Waals surface area contributed by atoms with Gasteiger partial charge in [0.25, 0.3) is 0 Å². The van der Waals surface area contributed by atoms with Crippen molar-refractivity contribution < 1.29 is 9.90 Å². The molecule has 17 heavy (non-hydrogen) atoms. The van der Waals surface area contributed by atoms with E-state index >= 15 is 0 Å². The largest absolute Gasteiger partial charge is 0.396 e. The van der Waals surface area contributed by atoms with Gasteiger partial charge in [0.05, 0.1) is 0 Å². The summed E-state index contributed by atoms with van der Waals surface area (Å²) in [6, 6.07) is 0.457. The molecule has 0 radical (unpaired) electrons. The van der Waals surface area contributed by atoms with Gasteiger partial charge in [0.2, 0.25) is 5.91 Å². The maximum absolute atomic E-state index is 12.3. The minimum absolute atomic E-state index is 0.147. The van der Waals surface area contributed by atoms with Crippen LogP contribution in [0.25, 0.3) is 0 Å². The summed E-state index contributed by atoms with van der Waals surface area (Å²) in [5.41, 5.74) is 0. The zero-order chi connectivity index (χ0) is 12.7. The van der Waals surface area contributed by atoms with Crippen LogP contribution in [0.3, 0.4) is 0 Å². The van der Waals surface area contributed by atoms with Crippen LogP contribution in [0.2, 0.25) is 0 Å². The first-order chi connectivity index (χ1) is 8.20. The highest BCUT2D eigenvalue weighted by atomic mass is 16.3. The number of carbonyl (C=O) groups is 1. The Balaban J connectivity index is 2.45. The molecule has 1 aliphatic carbocycles. The summed E-state index contributed by atoms with van der Waals surface area (Å²) in [7, 11) is 0. The summed E-state index contributed by atoms with van der Waals surface area (Å²) in [4.78, 5) is 14.4. The third-order valence-corrected chi connectivity index (χ3v) is 3.77. The Morgan fingerprint density at radius 1 is 1.41 bits per heavy atom. The fourth-order valence-corrected chi connectivity index (χ4v) is 2.33. The highest BCUT2D eigenvalue weighted by molar-refractivity contribution is 5.78. The topological polar surface area (TPSA) is 40.5 Å². The highest BCUT2D eigenvalue weighted by Crippen LogP contribution is 2.27. The molecule has 0 aliphatic heterocycles. The van der Waals surface area contributed by atoms with E-state index in [0.29, 0.717) is 18.4 Å². The van der Waals surface area contributed by atoms with E-state index in [2.05, 4.69) is 6.92 Å². The lowest BCUT2D eigenvalue weighted by molar-refractivity contribution is -0.139. The van der Waals surface area contributed by atoms with Crippen molar-refractivity contribution in [1.29, 1.82) is 0 Å². The molecule has 1 saturated carbocycles. The van der Waals surface area contributed by atoms with Crippen LogP contribution >= 0.6 is 0 Å². The molecule has 1 amide bonds. The SMILES string of the molecule is CCCCC(C)C(=O)N(CCCO)C1CCC1. The van der Waals surface area contributed by atoms with Gasteiger partial charge in [0.1, 0.15) is 0 Å². The van der Waals surface area contributed by atoms with E-state index in [9.17, 15) is 4.79 Å². The number of rotatable bonds is 8. The number of hydrogen-bond donors (Lipinski definition) is 1. The van der Waals surface area contributed by atoms with Crippen LogP contribution in [0, 0.1) is 5.92 Å². The maximum atomic E-state index is 12.3. The molecule has 1 aliphatic rings. The lowest BCUT2D eigenvalue weighted by atomic mass is 9.90. The van der Waals surface area contributed by atoms with Crippen LogP contribution in [0.1, 0.15) is 58.8 Å². The Kier molecular flexibility index (Phi) is 6.56. The van der Waals surface area contributed by atoms with Crippen LogP contribution in [-0.4, -0.2) is 35.1 Å². The molecule has 0 bridgehead atoms. The Hall–Kier alpha value is -0.570. The van der Waals surface area contributed by atoms with Crippen LogP contribution < -0.4 is 0 Å². The summed E-state index contributed by atoms with van der Waals surface area (Å²) in [6.45, 7) is 5.12. The average molecular weight is 241 g/mol. The second-order valence-corrected chi connectivity index (χ2v) is 5.24. The van der Waals surface area contributed by atoms with E-state index in [1.54, 1.807) is 0 Å². The van der Waals surface area contributed by atoms with Gasteiger partial charge in [-0.3, -0.25) is 4.79 Å². The predicted octanol–water partition coefficient (Wildman–Crippen LogP) is 2.58. The quantitative estimate of drug-likeness (QED) is 0.709. The normalized spacial score (nSPS) is 17.6. The minimum Gasteiger partial charge on any atom is -0.396 e. The first-order valence-corrected chi connectivity index (χ1v) is 7.12. The van der Waals surface area contributed by atoms with E-state index in [1.165, 1.54) is 6.42 Å². The molecule has 3 heteroatoms. The number of unbranched alkanes of at least 4 members (excludes halogenated alkanes) is 1. The van der Waals surface area contributed by atoms with Crippen LogP contribution in [0.4, 0.5) is 0 Å². The van der Waals surface area contributed by atoms with Gasteiger partial charge in [-0.25, -0.2) is 0 Å². The zero-order valence-corrected chi connectivity index (χ0v) is 11.3. The van der Waals surface area contributed by atoms with Gasteiger partial charge in [0.15, 0.2) is 0 Å². The molecule has 1 atom stereocenters. The molecule has 1 N–H and O–H groups in total. The molecule has 100 valence electrons. The van der Waals surface area contributed by atoms with Crippen molar-refractivity contribution in [3.8, 4) is 0 Å². The van der Waals surface area contributed by atoms with Crippen LogP contribution in [0.5, 0.6) is 0 Å². The molecule has 0 saturated heterocycles. The second-order valence-electron chi connectivity index (χ2n) is 5.24. The first kappa shape index (κ1) is 14.5. The Morgan fingerprint density at radius 2 is 2.12 bits per heavy atom. The monoisotopic (exact) mass is 241 g/mol. The maximum Gasteiger partial charge on any atom is 0.225 e. The second kappa shape index (κ2) is 7.70. The van der Waals surface area contributed by atoms with E-state index < -0.39 is 0 Å². The fraction of sp³-hybridized carbons (Fsp3) is 0.929. The van der Waals surface area contributed by atoms with Crippen LogP contribution in [-0.2, 0) is 4.79 Å². The number of aliphatic hydroxyl groups excluding tert-OH is 1. The smallest absolute Gasteiger partial charge is 0.225 e. The molecular weight excluding hydrogens is 214 g/mol. The molecule has 0 aromatic heterocycles. The molecule has 0 aromatic rings. The van der Waals surface area contributed by atoms with Gasteiger partial charge in [-0.15, -0.1) is 0 Å². The number of amides is 1. The molecule has 1 rings (SSSR count). The Morgan fingerprint density at radius 3 is 2.59 bits per heavy atom. The van der Waals surface area contributed by atoms with E-state index in [1.807, 2.05) is 11.8 Å². The van der Waals surface area contributed by atoms with Crippen LogP contribution in [0.15, 0.2) is 0 Å². The molecular formula is C14H27NO2. The lowest BCUT2D eigenvalue weighted by Gasteiger charge is -2.39. The average Bonchev–Trinajstić information content (AvgIpc) is 2.27. The van der Waals surface area contributed by atoms with Gasteiger partial charge >= 0.3 is 0 Å². The van der Waals surface area contributed by atoms with E-state index in [-0.39, 0.29) is 12.5 Å². The van der Waals surface area contributed by atoms with Crippen molar-refractivity contribution >= 4 is 5.91 Å². The van der Waals surface area contributed by atoms with Gasteiger partial charge in [0, 0.05) is 25.1 Å². The van der Waals surface area contributed by atoms with Crippen molar-refractivity contribution in [3.05, 3.63) is 0 Å². The van der Waals surface area contributed by atoms with Gasteiger partial charge < -0.3 is 10.0 Å². The van der Waals surface area contributed by atoms with Crippen molar-refractivity contribution in [3.63, 3.8) is 0 Å². The third kappa shape index (κ3) is 4.30. The fourth-order valence-electron chi connectivity index (χ4n) is 2.33. The molecule has 0 aromatic carbocycles.